The molecule has 1 aliphatic carbocycles. The van der Waals surface area contributed by atoms with Gasteiger partial charge in [0.05, 0.1) is 16.8 Å². The molecule has 6 heteroatoms. The van der Waals surface area contributed by atoms with Gasteiger partial charge < -0.3 is 14.0 Å². The molecule has 0 unspecified atom stereocenters. The molecule has 3 aromatic rings. The normalized spacial score (nSPS) is 13.5. The van der Waals surface area contributed by atoms with Crippen LogP contribution in [-0.4, -0.2) is 23.0 Å². The molecule has 0 spiro atoms. The number of rotatable bonds is 7. The van der Waals surface area contributed by atoms with Gasteiger partial charge in [0.15, 0.2) is 6.10 Å². The van der Waals surface area contributed by atoms with Crippen LogP contribution in [0.2, 0.25) is 0 Å². The Morgan fingerprint density at radius 1 is 1.03 bits per heavy atom. The van der Waals surface area contributed by atoms with Gasteiger partial charge in [0, 0.05) is 5.56 Å². The topological polar surface area (TPSA) is 78.6 Å². The van der Waals surface area contributed by atoms with Crippen LogP contribution in [0.4, 0.5) is 0 Å². The van der Waals surface area contributed by atoms with Crippen LogP contribution in [0.5, 0.6) is 5.75 Å². The summed E-state index contributed by atoms with van der Waals surface area (Å²) in [5.41, 5.74) is 5.17. The van der Waals surface area contributed by atoms with Gasteiger partial charge in [-0.3, -0.25) is 4.79 Å². The van der Waals surface area contributed by atoms with E-state index in [2.05, 4.69) is 5.16 Å². The predicted molar refractivity (Wildman–Crippen MR) is 114 cm³/mol. The molecule has 1 aromatic heterocycles. The van der Waals surface area contributed by atoms with Crippen molar-refractivity contribution in [2.24, 2.45) is 0 Å². The van der Waals surface area contributed by atoms with Crippen molar-refractivity contribution in [3.8, 4) is 5.75 Å². The van der Waals surface area contributed by atoms with Crippen molar-refractivity contribution in [2.75, 3.05) is 0 Å². The van der Waals surface area contributed by atoms with E-state index >= 15 is 0 Å². The maximum absolute atomic E-state index is 12.7. The molecule has 4 rings (SSSR count). The number of carbonyl (C=O) groups excluding carboxylic acids is 2. The number of ketones is 1. The SMILES string of the molecule is Cc1noc(C)c1COc1ccc(C(=O)O[C@@H](C)C(=O)c2ccc3c(c2)CCC3)cc1. The fraction of sp³-hybridized carbons (Fsp3) is 0.320. The zero-order valence-corrected chi connectivity index (χ0v) is 17.9. The number of aryl methyl sites for hydroxylation is 4. The van der Waals surface area contributed by atoms with Gasteiger partial charge in [-0.25, -0.2) is 4.79 Å². The van der Waals surface area contributed by atoms with Gasteiger partial charge in [0.25, 0.3) is 0 Å². The number of Topliss-reactive ketones (excluding diaryl/α,β-unsaturated/α-hetero) is 1. The molecule has 0 amide bonds. The zero-order valence-electron chi connectivity index (χ0n) is 17.9. The number of nitrogens with zero attached hydrogens (tertiary/aromatic N) is 1. The quantitative estimate of drug-likeness (QED) is 0.405. The zero-order chi connectivity index (χ0) is 22.0. The first-order chi connectivity index (χ1) is 14.9. The van der Waals surface area contributed by atoms with Crippen LogP contribution in [0.3, 0.4) is 0 Å². The first-order valence-corrected chi connectivity index (χ1v) is 10.4. The lowest BCUT2D eigenvalue weighted by molar-refractivity contribution is 0.0318. The molecule has 0 radical (unpaired) electrons. The van der Waals surface area contributed by atoms with Gasteiger partial charge in [-0.1, -0.05) is 17.3 Å². The molecule has 2 aromatic carbocycles. The van der Waals surface area contributed by atoms with Gasteiger partial charge >= 0.3 is 5.97 Å². The predicted octanol–water partition coefficient (Wildman–Crippen LogP) is 4.79. The van der Waals surface area contributed by atoms with Crippen LogP contribution >= 0.6 is 0 Å². The standard InChI is InChI=1S/C25H25NO5/c1-15-23(16(2)31-26-15)14-29-22-11-9-19(10-12-22)25(28)30-17(3)24(27)21-8-7-18-5-4-6-20(18)13-21/h7-13,17H,4-6,14H2,1-3H3/t17-/m0/s1. The maximum Gasteiger partial charge on any atom is 0.338 e. The highest BCUT2D eigenvalue weighted by molar-refractivity contribution is 6.01. The summed E-state index contributed by atoms with van der Waals surface area (Å²) in [7, 11) is 0. The second-order valence-electron chi connectivity index (χ2n) is 7.86. The third-order valence-electron chi connectivity index (χ3n) is 5.69. The van der Waals surface area contributed by atoms with E-state index in [1.807, 2.05) is 32.0 Å². The highest BCUT2D eigenvalue weighted by Crippen LogP contribution is 2.24. The summed E-state index contributed by atoms with van der Waals surface area (Å²) in [5, 5.41) is 3.90. The molecular weight excluding hydrogens is 394 g/mol. The molecule has 1 aliphatic rings. The average Bonchev–Trinajstić information content (AvgIpc) is 3.37. The molecular formula is C25H25NO5. The number of fused-ring (bicyclic) bond motifs is 1. The Balaban J connectivity index is 1.35. The molecule has 0 N–H and O–H groups in total. The van der Waals surface area contributed by atoms with Gasteiger partial charge in [-0.15, -0.1) is 0 Å². The maximum atomic E-state index is 12.7. The van der Waals surface area contributed by atoms with E-state index in [0.29, 0.717) is 23.5 Å². The Hall–Kier alpha value is -3.41. The largest absolute Gasteiger partial charge is 0.489 e. The van der Waals surface area contributed by atoms with Crippen LogP contribution in [-0.2, 0) is 24.2 Å². The first-order valence-electron chi connectivity index (χ1n) is 10.4. The van der Waals surface area contributed by atoms with E-state index in [4.69, 9.17) is 14.0 Å². The van der Waals surface area contributed by atoms with E-state index < -0.39 is 12.1 Å². The molecule has 0 aliphatic heterocycles. The Kier molecular flexibility index (Phi) is 5.89. The Morgan fingerprint density at radius 3 is 2.45 bits per heavy atom. The summed E-state index contributed by atoms with van der Waals surface area (Å²) < 4.78 is 16.3. The van der Waals surface area contributed by atoms with Crippen molar-refractivity contribution in [1.29, 1.82) is 0 Å². The number of benzene rings is 2. The number of hydrogen-bond acceptors (Lipinski definition) is 6. The van der Waals surface area contributed by atoms with E-state index in [0.717, 1.165) is 36.3 Å². The number of aromatic nitrogens is 1. The number of ether oxygens (including phenoxy) is 2. The van der Waals surface area contributed by atoms with Crippen molar-refractivity contribution in [1.82, 2.24) is 5.16 Å². The Morgan fingerprint density at radius 2 is 1.74 bits per heavy atom. The molecule has 0 bridgehead atoms. The second kappa shape index (κ2) is 8.76. The lowest BCUT2D eigenvalue weighted by atomic mass is 10.0. The summed E-state index contributed by atoms with van der Waals surface area (Å²) in [6.45, 7) is 5.63. The molecule has 0 saturated carbocycles. The summed E-state index contributed by atoms with van der Waals surface area (Å²) >= 11 is 0. The van der Waals surface area contributed by atoms with Crippen LogP contribution in [0.25, 0.3) is 0 Å². The van der Waals surface area contributed by atoms with E-state index in [1.54, 1.807) is 31.2 Å². The van der Waals surface area contributed by atoms with Gasteiger partial charge in [-0.05, 0) is 81.5 Å². The van der Waals surface area contributed by atoms with Crippen LogP contribution in [0.1, 0.15) is 62.2 Å². The van der Waals surface area contributed by atoms with Crippen molar-refractivity contribution >= 4 is 11.8 Å². The molecule has 1 heterocycles. The van der Waals surface area contributed by atoms with Crippen LogP contribution < -0.4 is 4.74 Å². The number of carbonyl (C=O) groups is 2. The fourth-order valence-corrected chi connectivity index (χ4v) is 3.79. The van der Waals surface area contributed by atoms with Crippen LogP contribution in [0, 0.1) is 13.8 Å². The molecule has 160 valence electrons. The minimum Gasteiger partial charge on any atom is -0.489 e. The van der Waals surface area contributed by atoms with E-state index in [-0.39, 0.29) is 5.78 Å². The smallest absolute Gasteiger partial charge is 0.338 e. The third-order valence-corrected chi connectivity index (χ3v) is 5.69. The van der Waals surface area contributed by atoms with Gasteiger partial charge in [0.1, 0.15) is 18.1 Å². The Labute approximate surface area is 181 Å². The van der Waals surface area contributed by atoms with Crippen molar-refractivity contribution in [3.05, 3.63) is 81.7 Å². The van der Waals surface area contributed by atoms with Crippen molar-refractivity contribution in [2.45, 2.75) is 52.7 Å². The van der Waals surface area contributed by atoms with E-state index in [9.17, 15) is 9.59 Å². The number of esters is 1. The lowest BCUT2D eigenvalue weighted by Crippen LogP contribution is -2.24. The van der Waals surface area contributed by atoms with Gasteiger partial charge in [0.2, 0.25) is 5.78 Å². The fourth-order valence-electron chi connectivity index (χ4n) is 3.79. The summed E-state index contributed by atoms with van der Waals surface area (Å²) in [4.78, 5) is 25.2. The summed E-state index contributed by atoms with van der Waals surface area (Å²) in [6.07, 6.45) is 2.32. The summed E-state index contributed by atoms with van der Waals surface area (Å²) in [5.74, 6) is 0.597. The molecule has 31 heavy (non-hydrogen) atoms. The molecule has 0 fully saturated rings. The van der Waals surface area contributed by atoms with Gasteiger partial charge in [-0.2, -0.15) is 0 Å². The molecule has 6 nitrogen and oxygen atoms in total. The minimum atomic E-state index is -0.859. The average molecular weight is 419 g/mol. The van der Waals surface area contributed by atoms with Crippen molar-refractivity contribution in [3.63, 3.8) is 0 Å². The molecule has 0 saturated heterocycles. The lowest BCUT2D eigenvalue weighted by Gasteiger charge is -2.13. The van der Waals surface area contributed by atoms with Crippen LogP contribution in [0.15, 0.2) is 47.0 Å². The highest BCUT2D eigenvalue weighted by Gasteiger charge is 2.22. The third kappa shape index (κ3) is 4.53. The number of hydrogen-bond donors (Lipinski definition) is 0. The second-order valence-corrected chi connectivity index (χ2v) is 7.86. The van der Waals surface area contributed by atoms with E-state index in [1.165, 1.54) is 11.1 Å². The molecule has 1 atom stereocenters. The highest BCUT2D eigenvalue weighted by atomic mass is 16.5. The monoisotopic (exact) mass is 419 g/mol. The summed E-state index contributed by atoms with van der Waals surface area (Å²) in [6, 6.07) is 12.4. The van der Waals surface area contributed by atoms with Crippen molar-refractivity contribution < 1.29 is 23.6 Å². The minimum absolute atomic E-state index is 0.192. The first kappa shape index (κ1) is 20.8. The Bertz CT molecular complexity index is 1090.